The van der Waals surface area contributed by atoms with E-state index in [4.69, 9.17) is 37.0 Å². The molecule has 0 saturated carbocycles. The van der Waals surface area contributed by atoms with Gasteiger partial charge in [-0.05, 0) is 37.5 Å². The number of rotatable bonds is 83. The first-order chi connectivity index (χ1) is 49.9. The van der Waals surface area contributed by atoms with Crippen molar-refractivity contribution in [1.29, 1.82) is 0 Å². The minimum absolute atomic E-state index is 0.103. The van der Waals surface area contributed by atoms with Gasteiger partial charge < -0.3 is 33.8 Å². The number of ether oxygens (including phenoxy) is 4. The van der Waals surface area contributed by atoms with Gasteiger partial charge in [0.1, 0.15) is 19.3 Å². The maximum atomic E-state index is 13.1. The van der Waals surface area contributed by atoms with Crippen LogP contribution in [0.1, 0.15) is 446 Å². The Labute approximate surface area is 632 Å². The second-order valence-electron chi connectivity index (χ2n) is 31.2. The van der Waals surface area contributed by atoms with Crippen molar-refractivity contribution in [3.8, 4) is 0 Å². The molecule has 2 unspecified atom stereocenters. The van der Waals surface area contributed by atoms with E-state index < -0.39 is 97.5 Å². The predicted octanol–water partition coefficient (Wildman–Crippen LogP) is 25.5. The third-order valence-electron chi connectivity index (χ3n) is 19.7. The maximum absolute atomic E-state index is 13.1. The summed E-state index contributed by atoms with van der Waals surface area (Å²) in [5.41, 5.74) is 0. The number of phosphoric acid groups is 2. The van der Waals surface area contributed by atoms with Crippen molar-refractivity contribution in [3.05, 3.63) is 0 Å². The zero-order chi connectivity index (χ0) is 75.6. The van der Waals surface area contributed by atoms with E-state index in [1.807, 2.05) is 0 Å². The van der Waals surface area contributed by atoms with Crippen molar-refractivity contribution in [2.45, 2.75) is 464 Å². The molecule has 0 heterocycles. The number of aliphatic hydroxyl groups excluding tert-OH is 1. The lowest BCUT2D eigenvalue weighted by Crippen LogP contribution is -2.30. The summed E-state index contributed by atoms with van der Waals surface area (Å²) in [4.78, 5) is 73.0. The molecule has 0 aromatic carbocycles. The van der Waals surface area contributed by atoms with Gasteiger partial charge in [-0.15, -0.1) is 0 Å². The van der Waals surface area contributed by atoms with Gasteiger partial charge in [0, 0.05) is 25.7 Å². The molecule has 0 aliphatic heterocycles. The molecular weight excluding hydrogens is 1340 g/mol. The van der Waals surface area contributed by atoms with Crippen molar-refractivity contribution < 1.29 is 80.2 Å². The fourth-order valence-corrected chi connectivity index (χ4v) is 14.6. The van der Waals surface area contributed by atoms with Gasteiger partial charge in [0.05, 0.1) is 26.4 Å². The highest BCUT2D eigenvalue weighted by Gasteiger charge is 2.30. The number of unbranched alkanes of at least 4 members (excludes halogenated alkanes) is 53. The monoisotopic (exact) mass is 1510 g/mol. The van der Waals surface area contributed by atoms with E-state index in [0.29, 0.717) is 37.5 Å². The molecule has 0 bridgehead atoms. The van der Waals surface area contributed by atoms with Gasteiger partial charge >= 0.3 is 39.5 Å². The van der Waals surface area contributed by atoms with Crippen molar-refractivity contribution >= 4 is 39.5 Å². The van der Waals surface area contributed by atoms with E-state index in [-0.39, 0.29) is 25.7 Å². The lowest BCUT2D eigenvalue weighted by molar-refractivity contribution is -0.161. The zero-order valence-corrected chi connectivity index (χ0v) is 69.4. The summed E-state index contributed by atoms with van der Waals surface area (Å²) < 4.78 is 68.7. The van der Waals surface area contributed by atoms with Gasteiger partial charge in [-0.25, -0.2) is 9.13 Å². The van der Waals surface area contributed by atoms with Crippen LogP contribution in [0.2, 0.25) is 0 Å². The molecule has 0 saturated heterocycles. The Morgan fingerprint density at radius 2 is 0.447 bits per heavy atom. The number of hydrogen-bond acceptors (Lipinski definition) is 15. The van der Waals surface area contributed by atoms with Crippen molar-refractivity contribution in [2.75, 3.05) is 39.6 Å². The highest BCUT2D eigenvalue weighted by molar-refractivity contribution is 7.47. The normalized spacial score (nSPS) is 13.9. The van der Waals surface area contributed by atoms with Gasteiger partial charge in [0.25, 0.3) is 0 Å². The Hall–Kier alpha value is -1.94. The summed E-state index contributed by atoms with van der Waals surface area (Å²) in [6.07, 6.45) is 67.4. The fourth-order valence-electron chi connectivity index (χ4n) is 13.1. The number of esters is 4. The van der Waals surface area contributed by atoms with Crippen LogP contribution in [0.5, 0.6) is 0 Å². The first kappa shape index (κ1) is 101. The molecule has 17 nitrogen and oxygen atoms in total. The van der Waals surface area contributed by atoms with Gasteiger partial charge in [0.15, 0.2) is 12.2 Å². The van der Waals surface area contributed by atoms with Crippen LogP contribution in [0.25, 0.3) is 0 Å². The van der Waals surface area contributed by atoms with E-state index >= 15 is 0 Å². The molecule has 612 valence electrons. The summed E-state index contributed by atoms with van der Waals surface area (Å²) in [5.74, 6) is -0.739. The van der Waals surface area contributed by atoms with Gasteiger partial charge in [-0.3, -0.25) is 37.3 Å². The molecule has 0 spiro atoms. The molecule has 0 aromatic rings. The molecule has 0 radical (unpaired) electrons. The van der Waals surface area contributed by atoms with E-state index in [9.17, 15) is 43.2 Å². The number of hydrogen-bond donors (Lipinski definition) is 3. The average Bonchev–Trinajstić information content (AvgIpc) is 1.06. The highest BCUT2D eigenvalue weighted by Crippen LogP contribution is 2.45. The SMILES string of the molecule is CCCCCCCCCCCCCCCCCCCCCCCCC(=O)OC[C@H](COP(=O)(O)OC[C@@H](O)COP(=O)(O)OC[C@@H](COC(=O)CCCCCCCCC(C)C)OC(=O)CCCCCCCCCC(C)C)OC(=O)CCCCCCCCCCCCCCCCCCCCCCCC. The average molecular weight is 1510 g/mol. The smallest absolute Gasteiger partial charge is 0.462 e. The quantitative estimate of drug-likeness (QED) is 0.0222. The number of aliphatic hydroxyl groups is 1. The summed E-state index contributed by atoms with van der Waals surface area (Å²) in [6.45, 7) is 9.48. The molecule has 103 heavy (non-hydrogen) atoms. The molecule has 0 aromatic heterocycles. The third-order valence-corrected chi connectivity index (χ3v) is 21.6. The van der Waals surface area contributed by atoms with Crippen LogP contribution in [0.3, 0.4) is 0 Å². The summed E-state index contributed by atoms with van der Waals surface area (Å²) >= 11 is 0. The maximum Gasteiger partial charge on any atom is 0.472 e. The number of carbonyl (C=O) groups is 4. The van der Waals surface area contributed by atoms with E-state index in [1.54, 1.807) is 0 Å². The minimum Gasteiger partial charge on any atom is -0.462 e. The van der Waals surface area contributed by atoms with Crippen LogP contribution in [0, 0.1) is 11.8 Å². The topological polar surface area (TPSA) is 237 Å². The molecular formula is C84H164O17P2. The van der Waals surface area contributed by atoms with E-state index in [0.717, 1.165) is 96.3 Å². The Kier molecular flexibility index (Phi) is 74.1. The molecule has 3 N–H and O–H groups in total. The van der Waals surface area contributed by atoms with Crippen LogP contribution < -0.4 is 0 Å². The van der Waals surface area contributed by atoms with E-state index in [1.165, 1.54) is 257 Å². The molecule has 0 aliphatic carbocycles. The molecule has 0 fully saturated rings. The molecule has 0 amide bonds. The molecule has 0 aliphatic rings. The van der Waals surface area contributed by atoms with Gasteiger partial charge in [-0.1, -0.05) is 395 Å². The van der Waals surface area contributed by atoms with E-state index in [2.05, 4.69) is 41.5 Å². The third kappa shape index (κ3) is 78.0. The standard InChI is InChI=1S/C84H164O17P2/c1-7-9-11-13-15-17-19-21-23-25-27-29-31-33-35-37-39-41-43-47-54-60-66-81(86)94-72-79(100-83(88)68-62-56-48-44-42-40-38-36-34-32-30-28-26-24-22-20-18-16-14-12-10-8-2)74-98-102(90,91)96-70-78(85)71-97-103(92,93)99-75-80(73-95-82(87)67-61-55-51-50-53-59-65-77(5)6)101-84(89)69-63-57-49-45-46-52-58-64-76(3)4/h76-80,85H,7-75H2,1-6H3,(H,90,91)(H,92,93)/t78-,79-,80-/m1/s1. The first-order valence-electron chi connectivity index (χ1n) is 43.5. The zero-order valence-electron chi connectivity index (χ0n) is 67.6. The van der Waals surface area contributed by atoms with Gasteiger partial charge in [0.2, 0.25) is 0 Å². The second kappa shape index (κ2) is 75.5. The van der Waals surface area contributed by atoms with Crippen LogP contribution >= 0.6 is 15.6 Å². The summed E-state index contributed by atoms with van der Waals surface area (Å²) in [6, 6.07) is 0. The Morgan fingerprint density at radius 1 is 0.262 bits per heavy atom. The van der Waals surface area contributed by atoms with Crippen LogP contribution in [0.15, 0.2) is 0 Å². The van der Waals surface area contributed by atoms with Crippen LogP contribution in [-0.4, -0.2) is 96.7 Å². The Morgan fingerprint density at radius 3 is 0.660 bits per heavy atom. The Bertz CT molecular complexity index is 1980. The van der Waals surface area contributed by atoms with Crippen molar-refractivity contribution in [1.82, 2.24) is 0 Å². The number of phosphoric ester groups is 2. The molecule has 5 atom stereocenters. The van der Waals surface area contributed by atoms with Crippen LogP contribution in [0.4, 0.5) is 0 Å². The number of carbonyl (C=O) groups excluding carboxylic acids is 4. The Balaban J connectivity index is 5.14. The lowest BCUT2D eigenvalue weighted by atomic mass is 10.0. The second-order valence-corrected chi connectivity index (χ2v) is 34.1. The first-order valence-corrected chi connectivity index (χ1v) is 46.5. The largest absolute Gasteiger partial charge is 0.472 e. The highest BCUT2D eigenvalue weighted by atomic mass is 31.2. The predicted molar refractivity (Wildman–Crippen MR) is 423 cm³/mol. The summed E-state index contributed by atoms with van der Waals surface area (Å²) in [7, 11) is -9.92. The van der Waals surface area contributed by atoms with Crippen LogP contribution in [-0.2, 0) is 65.4 Å². The van der Waals surface area contributed by atoms with Crippen molar-refractivity contribution in [2.24, 2.45) is 11.8 Å². The lowest BCUT2D eigenvalue weighted by Gasteiger charge is -2.21. The molecule has 19 heteroatoms. The summed E-state index contributed by atoms with van der Waals surface area (Å²) in [5, 5.41) is 10.6. The van der Waals surface area contributed by atoms with Crippen molar-refractivity contribution in [3.63, 3.8) is 0 Å². The molecule has 0 rings (SSSR count). The fraction of sp³-hybridized carbons (Fsp3) is 0.952. The minimum atomic E-state index is -4.96. The van der Waals surface area contributed by atoms with Gasteiger partial charge in [-0.2, -0.15) is 0 Å².